The van der Waals surface area contributed by atoms with E-state index in [1.807, 2.05) is 0 Å². The molecule has 0 spiro atoms. The maximum atomic E-state index is 12.2. The largest absolute Gasteiger partial charge is 0.481 e. The van der Waals surface area contributed by atoms with Gasteiger partial charge in [0.1, 0.15) is 0 Å². The second-order valence-corrected chi connectivity index (χ2v) is 5.33. The predicted octanol–water partition coefficient (Wildman–Crippen LogP) is 0.547. The summed E-state index contributed by atoms with van der Waals surface area (Å²) in [5.74, 6) is -0.105. The van der Waals surface area contributed by atoms with Gasteiger partial charge >= 0.3 is 12.0 Å². The zero-order valence-electron chi connectivity index (χ0n) is 11.9. The minimum atomic E-state index is -0.790. The highest BCUT2D eigenvalue weighted by atomic mass is 16.4. The van der Waals surface area contributed by atoms with Crippen molar-refractivity contribution in [2.75, 3.05) is 13.1 Å². The molecule has 2 unspecified atom stereocenters. The highest BCUT2D eigenvalue weighted by Crippen LogP contribution is 2.21. The van der Waals surface area contributed by atoms with Crippen molar-refractivity contribution in [1.29, 1.82) is 0 Å². The predicted molar refractivity (Wildman–Crippen MR) is 72.3 cm³/mol. The number of carboxylic acids is 1. The SMILES string of the molecule is CC(NC(=O)N1CCCC(CCC(=O)O)C1)c1nn[nH]n1. The number of likely N-dealkylation sites (tertiary alicyclic amines) is 1. The third-order valence-electron chi connectivity index (χ3n) is 3.66. The molecule has 2 rings (SSSR count). The van der Waals surface area contributed by atoms with Crippen molar-refractivity contribution in [3.05, 3.63) is 5.82 Å². The van der Waals surface area contributed by atoms with Crippen LogP contribution in [0.4, 0.5) is 4.79 Å². The van der Waals surface area contributed by atoms with Gasteiger partial charge in [0.05, 0.1) is 6.04 Å². The molecule has 9 nitrogen and oxygen atoms in total. The first-order valence-electron chi connectivity index (χ1n) is 7.07. The van der Waals surface area contributed by atoms with Crippen LogP contribution in [0.2, 0.25) is 0 Å². The van der Waals surface area contributed by atoms with Gasteiger partial charge in [-0.2, -0.15) is 5.21 Å². The monoisotopic (exact) mass is 296 g/mol. The first-order chi connectivity index (χ1) is 10.1. The van der Waals surface area contributed by atoms with Crippen molar-refractivity contribution in [2.24, 2.45) is 5.92 Å². The van der Waals surface area contributed by atoms with Gasteiger partial charge in [0.2, 0.25) is 0 Å². The van der Waals surface area contributed by atoms with E-state index >= 15 is 0 Å². The quantitative estimate of drug-likeness (QED) is 0.728. The molecule has 1 fully saturated rings. The number of aromatic amines is 1. The molecule has 0 radical (unpaired) electrons. The fraction of sp³-hybridized carbons (Fsp3) is 0.750. The van der Waals surface area contributed by atoms with Gasteiger partial charge in [0, 0.05) is 19.5 Å². The molecule has 0 bridgehead atoms. The molecule has 1 aliphatic heterocycles. The molecule has 0 aliphatic carbocycles. The second kappa shape index (κ2) is 7.00. The van der Waals surface area contributed by atoms with Crippen molar-refractivity contribution < 1.29 is 14.7 Å². The number of tetrazole rings is 1. The lowest BCUT2D eigenvalue weighted by molar-refractivity contribution is -0.137. The van der Waals surface area contributed by atoms with Crippen LogP contribution in [0.25, 0.3) is 0 Å². The van der Waals surface area contributed by atoms with Crippen LogP contribution in [-0.4, -0.2) is 55.7 Å². The molecule has 1 aromatic heterocycles. The van der Waals surface area contributed by atoms with Crippen LogP contribution in [0.3, 0.4) is 0 Å². The van der Waals surface area contributed by atoms with Crippen LogP contribution >= 0.6 is 0 Å². The van der Waals surface area contributed by atoms with E-state index in [2.05, 4.69) is 25.9 Å². The third kappa shape index (κ3) is 4.40. The number of nitrogens with one attached hydrogen (secondary N) is 2. The maximum absolute atomic E-state index is 12.2. The molecule has 3 N–H and O–H groups in total. The Morgan fingerprint density at radius 2 is 2.38 bits per heavy atom. The molecule has 1 aromatic rings. The number of aliphatic carboxylic acids is 1. The van der Waals surface area contributed by atoms with E-state index in [-0.39, 0.29) is 24.4 Å². The Morgan fingerprint density at radius 1 is 1.57 bits per heavy atom. The van der Waals surface area contributed by atoms with Gasteiger partial charge in [-0.3, -0.25) is 4.79 Å². The van der Waals surface area contributed by atoms with Crippen molar-refractivity contribution >= 4 is 12.0 Å². The Morgan fingerprint density at radius 3 is 3.05 bits per heavy atom. The topological polar surface area (TPSA) is 124 Å². The molecule has 21 heavy (non-hydrogen) atoms. The number of carboxylic acid groups (broad SMARTS) is 1. The molecule has 0 aromatic carbocycles. The minimum absolute atomic E-state index is 0.152. The third-order valence-corrected chi connectivity index (χ3v) is 3.66. The van der Waals surface area contributed by atoms with Gasteiger partial charge in [-0.05, 0) is 32.1 Å². The van der Waals surface area contributed by atoms with E-state index in [0.29, 0.717) is 25.3 Å². The molecule has 1 saturated heterocycles. The van der Waals surface area contributed by atoms with Gasteiger partial charge in [-0.15, -0.1) is 10.2 Å². The molecular weight excluding hydrogens is 276 g/mol. The summed E-state index contributed by atoms with van der Waals surface area (Å²) in [5, 5.41) is 25.0. The number of piperidine rings is 1. The fourth-order valence-corrected chi connectivity index (χ4v) is 2.51. The van der Waals surface area contributed by atoms with Crippen LogP contribution < -0.4 is 5.32 Å². The average Bonchev–Trinajstić information content (AvgIpc) is 2.99. The number of urea groups is 1. The minimum Gasteiger partial charge on any atom is -0.481 e. The zero-order valence-corrected chi connectivity index (χ0v) is 11.9. The maximum Gasteiger partial charge on any atom is 0.317 e. The summed E-state index contributed by atoms with van der Waals surface area (Å²) in [5.41, 5.74) is 0. The van der Waals surface area contributed by atoms with Crippen LogP contribution in [0.5, 0.6) is 0 Å². The summed E-state index contributed by atoms with van der Waals surface area (Å²) in [6.45, 7) is 3.07. The first-order valence-corrected chi connectivity index (χ1v) is 7.07. The summed E-state index contributed by atoms with van der Waals surface area (Å²) in [7, 11) is 0. The number of nitrogens with zero attached hydrogens (tertiary/aromatic N) is 4. The van der Waals surface area contributed by atoms with Crippen LogP contribution in [0, 0.1) is 5.92 Å². The van der Waals surface area contributed by atoms with E-state index in [1.165, 1.54) is 0 Å². The van der Waals surface area contributed by atoms with E-state index in [0.717, 1.165) is 12.8 Å². The fourth-order valence-electron chi connectivity index (χ4n) is 2.51. The number of H-pyrrole nitrogens is 1. The van der Waals surface area contributed by atoms with Crippen molar-refractivity contribution in [3.63, 3.8) is 0 Å². The van der Waals surface area contributed by atoms with Crippen LogP contribution in [-0.2, 0) is 4.79 Å². The van der Waals surface area contributed by atoms with Gasteiger partial charge in [0.15, 0.2) is 5.82 Å². The molecule has 116 valence electrons. The number of hydrogen-bond donors (Lipinski definition) is 3. The number of amides is 2. The number of carbonyl (C=O) groups excluding carboxylic acids is 1. The number of aromatic nitrogens is 4. The van der Waals surface area contributed by atoms with Gasteiger partial charge in [-0.25, -0.2) is 4.79 Å². The summed E-state index contributed by atoms with van der Waals surface area (Å²) in [6.07, 6.45) is 2.63. The van der Waals surface area contributed by atoms with Gasteiger partial charge < -0.3 is 15.3 Å². The standard InChI is InChI=1S/C12H20N6O3/c1-8(11-14-16-17-15-11)13-12(21)18-6-2-3-9(7-18)4-5-10(19)20/h8-9H,2-7H2,1H3,(H,13,21)(H,19,20)(H,14,15,16,17). The Labute approximate surface area is 122 Å². The first kappa shape index (κ1) is 15.2. The number of rotatable bonds is 5. The number of carbonyl (C=O) groups is 2. The Kier molecular flexibility index (Phi) is 5.07. The van der Waals surface area contributed by atoms with Crippen LogP contribution in [0.1, 0.15) is 44.5 Å². The summed E-state index contributed by atoms with van der Waals surface area (Å²) >= 11 is 0. The highest BCUT2D eigenvalue weighted by molar-refractivity contribution is 5.74. The smallest absolute Gasteiger partial charge is 0.317 e. The molecule has 9 heteroatoms. The zero-order chi connectivity index (χ0) is 15.2. The molecule has 2 atom stereocenters. The second-order valence-electron chi connectivity index (χ2n) is 5.33. The van der Waals surface area contributed by atoms with Crippen LogP contribution in [0.15, 0.2) is 0 Å². The Hall–Kier alpha value is -2.19. The average molecular weight is 296 g/mol. The van der Waals surface area contributed by atoms with Crippen molar-refractivity contribution in [2.45, 2.75) is 38.6 Å². The van der Waals surface area contributed by atoms with E-state index in [4.69, 9.17) is 5.11 Å². The normalized spacial score (nSPS) is 20.0. The molecule has 1 aliphatic rings. The van der Waals surface area contributed by atoms with Crippen molar-refractivity contribution in [1.82, 2.24) is 30.8 Å². The number of hydrogen-bond acceptors (Lipinski definition) is 5. The molecule has 0 saturated carbocycles. The lowest BCUT2D eigenvalue weighted by atomic mass is 9.93. The molecular formula is C12H20N6O3. The van der Waals surface area contributed by atoms with E-state index in [1.54, 1.807) is 11.8 Å². The van der Waals surface area contributed by atoms with E-state index < -0.39 is 5.97 Å². The lowest BCUT2D eigenvalue weighted by Gasteiger charge is -2.33. The Balaban J connectivity index is 1.82. The molecule has 2 heterocycles. The lowest BCUT2D eigenvalue weighted by Crippen LogP contribution is -2.46. The highest BCUT2D eigenvalue weighted by Gasteiger charge is 2.25. The molecule has 2 amide bonds. The summed E-state index contributed by atoms with van der Waals surface area (Å²) in [6, 6.07) is -0.497. The Bertz CT molecular complexity index is 477. The van der Waals surface area contributed by atoms with Crippen molar-refractivity contribution in [3.8, 4) is 0 Å². The van der Waals surface area contributed by atoms with Gasteiger partial charge in [-0.1, -0.05) is 5.21 Å². The van der Waals surface area contributed by atoms with Gasteiger partial charge in [0.25, 0.3) is 0 Å². The van der Waals surface area contributed by atoms with E-state index in [9.17, 15) is 9.59 Å². The summed E-state index contributed by atoms with van der Waals surface area (Å²) in [4.78, 5) is 24.5. The summed E-state index contributed by atoms with van der Waals surface area (Å²) < 4.78 is 0.